The van der Waals surface area contributed by atoms with Gasteiger partial charge in [-0.3, -0.25) is 14.9 Å². The van der Waals surface area contributed by atoms with Crippen LogP contribution in [0.3, 0.4) is 0 Å². The Morgan fingerprint density at radius 1 is 1.19 bits per heavy atom. The summed E-state index contributed by atoms with van der Waals surface area (Å²) in [5.74, 6) is -1.05. The molecular weight excluding hydrogens is 355 g/mol. The minimum Gasteiger partial charge on any atom is -0.450 e. The number of aromatic nitrogens is 1. The van der Waals surface area contributed by atoms with Gasteiger partial charge in [0.2, 0.25) is 0 Å². The van der Waals surface area contributed by atoms with Crippen molar-refractivity contribution in [1.82, 2.24) is 4.98 Å². The third-order valence-electron chi connectivity index (χ3n) is 3.95. The van der Waals surface area contributed by atoms with Gasteiger partial charge in [0.1, 0.15) is 11.4 Å². The molecule has 0 spiro atoms. The fourth-order valence-electron chi connectivity index (χ4n) is 2.83. The largest absolute Gasteiger partial charge is 0.450 e. The zero-order chi connectivity index (χ0) is 18.4. The summed E-state index contributed by atoms with van der Waals surface area (Å²) >= 11 is 1.14. The molecule has 4 aromatic rings. The Hall–Kier alpha value is -3.06. The number of thiazole rings is 1. The zero-order valence-corrected chi connectivity index (χ0v) is 14.7. The van der Waals surface area contributed by atoms with Gasteiger partial charge < -0.3 is 4.42 Å². The highest BCUT2D eigenvalue weighted by Gasteiger charge is 2.16. The number of halogens is 1. The molecule has 2 heterocycles. The molecular formula is C19H13FN2O3S. The molecule has 130 valence electrons. The molecule has 0 saturated heterocycles. The lowest BCUT2D eigenvalue weighted by Crippen LogP contribution is -2.15. The van der Waals surface area contributed by atoms with Crippen LogP contribution >= 0.6 is 11.3 Å². The van der Waals surface area contributed by atoms with E-state index in [0.717, 1.165) is 22.5 Å². The first kappa shape index (κ1) is 16.4. The van der Waals surface area contributed by atoms with E-state index in [1.54, 1.807) is 12.1 Å². The number of nitrogens with zero attached hydrogens (tertiary/aromatic N) is 1. The van der Waals surface area contributed by atoms with Crippen LogP contribution in [0.2, 0.25) is 0 Å². The number of amides is 1. The van der Waals surface area contributed by atoms with Crippen molar-refractivity contribution in [3.05, 3.63) is 69.3 Å². The average Bonchev–Trinajstić information content (AvgIpc) is 2.96. The first-order chi connectivity index (χ1) is 12.4. The van der Waals surface area contributed by atoms with Crippen LogP contribution in [0.1, 0.15) is 21.7 Å². The molecule has 0 aliphatic heterocycles. The summed E-state index contributed by atoms with van der Waals surface area (Å²) in [5.41, 5.74) is 2.41. The van der Waals surface area contributed by atoms with Crippen LogP contribution in [-0.2, 0) is 0 Å². The lowest BCUT2D eigenvalue weighted by atomic mass is 10.1. The smallest absolute Gasteiger partial charge is 0.293 e. The Bertz CT molecular complexity index is 1240. The highest BCUT2D eigenvalue weighted by atomic mass is 32.1. The molecule has 0 fully saturated rings. The van der Waals surface area contributed by atoms with Gasteiger partial charge in [-0.15, -0.1) is 0 Å². The van der Waals surface area contributed by atoms with E-state index in [1.807, 2.05) is 19.9 Å². The molecule has 7 heteroatoms. The van der Waals surface area contributed by atoms with E-state index in [0.29, 0.717) is 26.3 Å². The highest BCUT2D eigenvalue weighted by Crippen LogP contribution is 2.27. The second-order valence-corrected chi connectivity index (χ2v) is 7.05. The maximum Gasteiger partial charge on any atom is 0.293 e. The van der Waals surface area contributed by atoms with E-state index in [4.69, 9.17) is 4.42 Å². The van der Waals surface area contributed by atoms with Crippen LogP contribution in [0, 0.1) is 19.7 Å². The number of aryl methyl sites for hydroxylation is 2. The molecule has 26 heavy (non-hydrogen) atoms. The first-order valence-electron chi connectivity index (χ1n) is 7.83. The third kappa shape index (κ3) is 2.86. The van der Waals surface area contributed by atoms with Crippen LogP contribution in [0.4, 0.5) is 9.52 Å². The molecule has 0 aliphatic rings. The Kier molecular flexibility index (Phi) is 3.81. The molecule has 5 nitrogen and oxygen atoms in total. The molecule has 2 aromatic heterocycles. The monoisotopic (exact) mass is 368 g/mol. The maximum absolute atomic E-state index is 13.3. The molecule has 0 atom stereocenters. The summed E-state index contributed by atoms with van der Waals surface area (Å²) in [6, 6.07) is 8.99. The van der Waals surface area contributed by atoms with Crippen LogP contribution in [0.25, 0.3) is 21.2 Å². The lowest BCUT2D eigenvalue weighted by Gasteiger charge is -2.06. The number of rotatable bonds is 2. The number of fused-ring (bicyclic) bond motifs is 2. The predicted molar refractivity (Wildman–Crippen MR) is 99.5 cm³/mol. The van der Waals surface area contributed by atoms with Gasteiger partial charge in [-0.2, -0.15) is 0 Å². The van der Waals surface area contributed by atoms with Gasteiger partial charge in [0.15, 0.2) is 16.3 Å². The molecule has 0 radical (unpaired) electrons. The van der Waals surface area contributed by atoms with Gasteiger partial charge in [0.05, 0.1) is 15.6 Å². The van der Waals surface area contributed by atoms with E-state index < -0.39 is 5.91 Å². The summed E-state index contributed by atoms with van der Waals surface area (Å²) in [6.45, 7) is 3.71. The number of nitrogens with one attached hydrogen (secondary N) is 1. The number of benzene rings is 2. The third-order valence-corrected chi connectivity index (χ3v) is 4.89. The standard InChI is InChI=1S/C19H13FN2O3S/c1-9-5-10(2)17-12(6-9)14(23)8-15(25-17)18(24)22-19-21-13-4-3-11(20)7-16(13)26-19/h3-8H,1-2H3,(H,21,22,24). The van der Waals surface area contributed by atoms with Crippen molar-refractivity contribution < 1.29 is 13.6 Å². The molecule has 0 bridgehead atoms. The van der Waals surface area contributed by atoms with Crippen molar-refractivity contribution in [1.29, 1.82) is 0 Å². The van der Waals surface area contributed by atoms with Crippen molar-refractivity contribution in [2.45, 2.75) is 13.8 Å². The predicted octanol–water partition coefficient (Wildman–Crippen LogP) is 4.41. The Morgan fingerprint density at radius 2 is 2.00 bits per heavy atom. The van der Waals surface area contributed by atoms with E-state index in [1.165, 1.54) is 18.2 Å². The van der Waals surface area contributed by atoms with Crippen LogP contribution < -0.4 is 10.7 Å². The van der Waals surface area contributed by atoms with E-state index >= 15 is 0 Å². The topological polar surface area (TPSA) is 72.2 Å². The number of hydrogen-bond acceptors (Lipinski definition) is 5. The van der Waals surface area contributed by atoms with Gasteiger partial charge in [0.25, 0.3) is 5.91 Å². The fraction of sp³-hybridized carbons (Fsp3) is 0.105. The van der Waals surface area contributed by atoms with Gasteiger partial charge >= 0.3 is 0 Å². The van der Waals surface area contributed by atoms with E-state index in [9.17, 15) is 14.0 Å². The van der Waals surface area contributed by atoms with Gasteiger partial charge in [0, 0.05) is 6.07 Å². The molecule has 1 N–H and O–H groups in total. The van der Waals surface area contributed by atoms with Crippen LogP contribution in [0.5, 0.6) is 0 Å². The summed E-state index contributed by atoms with van der Waals surface area (Å²) in [7, 11) is 0. The van der Waals surface area contributed by atoms with Gasteiger partial charge in [-0.05, 0) is 49.2 Å². The maximum atomic E-state index is 13.3. The van der Waals surface area contributed by atoms with Crippen LogP contribution in [-0.4, -0.2) is 10.9 Å². The van der Waals surface area contributed by atoms with Crippen molar-refractivity contribution in [3.63, 3.8) is 0 Å². The Labute approximate surface area is 151 Å². The number of anilines is 1. The highest BCUT2D eigenvalue weighted by molar-refractivity contribution is 7.22. The molecule has 0 aliphatic carbocycles. The van der Waals surface area contributed by atoms with Gasteiger partial charge in [-0.1, -0.05) is 17.4 Å². The lowest BCUT2D eigenvalue weighted by molar-refractivity contribution is 0.0997. The number of carbonyl (C=O) groups is 1. The number of carbonyl (C=O) groups excluding carboxylic acids is 1. The van der Waals surface area contributed by atoms with Gasteiger partial charge in [-0.25, -0.2) is 9.37 Å². The van der Waals surface area contributed by atoms with E-state index in [-0.39, 0.29) is 17.0 Å². The molecule has 1 amide bonds. The average molecular weight is 368 g/mol. The van der Waals surface area contributed by atoms with Crippen molar-refractivity contribution in [2.24, 2.45) is 0 Å². The van der Waals surface area contributed by atoms with E-state index in [2.05, 4.69) is 10.3 Å². The summed E-state index contributed by atoms with van der Waals surface area (Å²) < 4.78 is 19.6. The molecule has 4 rings (SSSR count). The normalized spacial score (nSPS) is 11.2. The molecule has 2 aromatic carbocycles. The summed E-state index contributed by atoms with van der Waals surface area (Å²) in [4.78, 5) is 29.1. The van der Waals surface area contributed by atoms with Crippen molar-refractivity contribution in [3.8, 4) is 0 Å². The SMILES string of the molecule is Cc1cc(C)c2oc(C(=O)Nc3nc4ccc(F)cc4s3)cc(=O)c2c1. The van der Waals surface area contributed by atoms with Crippen molar-refractivity contribution in [2.75, 3.05) is 5.32 Å². The van der Waals surface area contributed by atoms with Crippen LogP contribution in [0.15, 0.2) is 45.6 Å². The second-order valence-electron chi connectivity index (χ2n) is 6.02. The second kappa shape index (κ2) is 6.03. The zero-order valence-electron chi connectivity index (χ0n) is 13.9. The molecule has 0 unspecified atom stereocenters. The minimum absolute atomic E-state index is 0.0973. The summed E-state index contributed by atoms with van der Waals surface area (Å²) in [5, 5.41) is 3.35. The molecule has 0 saturated carbocycles. The Balaban J connectivity index is 1.72. The van der Waals surface area contributed by atoms with Crippen molar-refractivity contribution >= 4 is 43.6 Å². The quantitative estimate of drug-likeness (QED) is 0.569. The summed E-state index contributed by atoms with van der Waals surface area (Å²) in [6.07, 6.45) is 0. The Morgan fingerprint density at radius 3 is 2.81 bits per heavy atom. The number of hydrogen-bond donors (Lipinski definition) is 1. The first-order valence-corrected chi connectivity index (χ1v) is 8.65. The minimum atomic E-state index is -0.580. The fourth-order valence-corrected chi connectivity index (χ4v) is 3.72.